The van der Waals surface area contributed by atoms with E-state index in [0.717, 1.165) is 10.3 Å². The summed E-state index contributed by atoms with van der Waals surface area (Å²) in [6.45, 7) is 3.52. The van der Waals surface area contributed by atoms with E-state index in [1.165, 1.54) is 0 Å². The molecule has 0 spiro atoms. The Morgan fingerprint density at radius 1 is 1.31 bits per heavy atom. The van der Waals surface area contributed by atoms with E-state index in [-0.39, 0.29) is 0 Å². The molecule has 0 bridgehead atoms. The summed E-state index contributed by atoms with van der Waals surface area (Å²) in [4.78, 5) is 0. The lowest BCUT2D eigenvalue weighted by atomic mass is 10.5. The maximum atomic E-state index is 11.2. The average Bonchev–Trinajstić information content (AvgIpc) is 2.45. The van der Waals surface area contributed by atoms with Crippen molar-refractivity contribution in [3.8, 4) is 0 Å². The molecule has 6 heteroatoms. The van der Waals surface area contributed by atoms with Crippen LogP contribution in [0, 0.1) is 0 Å². The highest BCUT2D eigenvalue weighted by Gasteiger charge is 2.08. The van der Waals surface area contributed by atoms with Crippen LogP contribution in [-0.4, -0.2) is 29.1 Å². The fourth-order valence-corrected chi connectivity index (χ4v) is 1.72. The number of nitrogens with zero attached hydrogens (tertiary/aromatic N) is 3. The standard InChI is InChI=1S/C7H11N3O2S/c1-4-6-7(5-2)10(9-8-6)13(3,11)12/h4-5H,1-3H3. The van der Waals surface area contributed by atoms with Crippen LogP contribution in [0.15, 0.2) is 0 Å². The van der Waals surface area contributed by atoms with Crippen LogP contribution in [-0.2, 0) is 10.0 Å². The van der Waals surface area contributed by atoms with Crippen molar-refractivity contribution in [2.24, 2.45) is 0 Å². The lowest BCUT2D eigenvalue weighted by Crippen LogP contribution is -2.33. The van der Waals surface area contributed by atoms with Gasteiger partial charge in [0.2, 0.25) is 0 Å². The normalized spacial score (nSPS) is 15.3. The van der Waals surface area contributed by atoms with Crippen LogP contribution in [0.1, 0.15) is 13.8 Å². The highest BCUT2D eigenvalue weighted by Crippen LogP contribution is 1.79. The third-order valence-electron chi connectivity index (χ3n) is 1.56. The van der Waals surface area contributed by atoms with E-state index >= 15 is 0 Å². The molecular formula is C7H11N3O2S. The number of rotatable bonds is 1. The number of aromatic nitrogens is 3. The molecule has 0 amide bonds. The lowest BCUT2D eigenvalue weighted by Gasteiger charge is -1.93. The molecule has 1 aromatic rings. The first-order valence-corrected chi connectivity index (χ1v) is 5.60. The van der Waals surface area contributed by atoms with Crippen LogP contribution < -0.4 is 10.7 Å². The van der Waals surface area contributed by atoms with Gasteiger partial charge in [0.15, 0.2) is 0 Å². The van der Waals surface area contributed by atoms with E-state index in [1.807, 2.05) is 0 Å². The largest absolute Gasteiger partial charge is 0.252 e. The van der Waals surface area contributed by atoms with Crippen LogP contribution in [0.5, 0.6) is 0 Å². The van der Waals surface area contributed by atoms with Gasteiger partial charge in [-0.1, -0.05) is 17.4 Å². The second kappa shape index (κ2) is 3.29. The molecule has 0 aliphatic rings. The van der Waals surface area contributed by atoms with Gasteiger partial charge in [0, 0.05) is 0 Å². The minimum atomic E-state index is -3.34. The Labute approximate surface area is 76.4 Å². The third kappa shape index (κ3) is 1.77. The summed E-state index contributed by atoms with van der Waals surface area (Å²) >= 11 is 0. The van der Waals surface area contributed by atoms with Crippen molar-refractivity contribution in [2.45, 2.75) is 13.8 Å². The van der Waals surface area contributed by atoms with E-state index in [2.05, 4.69) is 10.3 Å². The van der Waals surface area contributed by atoms with Crippen molar-refractivity contribution in [3.63, 3.8) is 0 Å². The van der Waals surface area contributed by atoms with E-state index in [0.29, 0.717) is 10.7 Å². The fraction of sp³-hybridized carbons (Fsp3) is 0.429. The second-order valence-corrected chi connectivity index (χ2v) is 4.36. The van der Waals surface area contributed by atoms with Gasteiger partial charge in [-0.2, -0.15) is 0 Å². The molecule has 1 rings (SSSR count). The van der Waals surface area contributed by atoms with Crippen LogP contribution in [0.4, 0.5) is 0 Å². The Kier molecular flexibility index (Phi) is 2.51. The van der Waals surface area contributed by atoms with Gasteiger partial charge in [0.1, 0.15) is 10.7 Å². The van der Waals surface area contributed by atoms with Crippen LogP contribution in [0.3, 0.4) is 0 Å². The highest BCUT2D eigenvalue weighted by molar-refractivity contribution is 7.89. The first-order chi connectivity index (χ1) is 6.00. The SMILES string of the molecule is CC=c1nnn(S(C)(=O)=O)c1=CC. The third-order valence-corrected chi connectivity index (χ3v) is 2.46. The van der Waals surface area contributed by atoms with Crippen LogP contribution in [0.2, 0.25) is 0 Å². The Morgan fingerprint density at radius 2 is 1.92 bits per heavy atom. The molecule has 0 fully saturated rings. The van der Waals surface area contributed by atoms with Gasteiger partial charge in [-0.25, -0.2) is 8.42 Å². The summed E-state index contributed by atoms with van der Waals surface area (Å²) in [5.74, 6) is 0. The monoisotopic (exact) mass is 201 g/mol. The van der Waals surface area contributed by atoms with Gasteiger partial charge in [0.05, 0.1) is 6.26 Å². The molecule has 1 aromatic heterocycles. The number of hydrogen-bond acceptors (Lipinski definition) is 4. The van der Waals surface area contributed by atoms with Gasteiger partial charge < -0.3 is 0 Å². The first-order valence-electron chi connectivity index (χ1n) is 3.75. The van der Waals surface area contributed by atoms with E-state index in [1.54, 1.807) is 26.0 Å². The maximum Gasteiger partial charge on any atom is 0.252 e. The summed E-state index contributed by atoms with van der Waals surface area (Å²) in [6, 6.07) is 0. The van der Waals surface area contributed by atoms with E-state index in [9.17, 15) is 8.42 Å². The molecule has 0 atom stereocenters. The smallest absolute Gasteiger partial charge is 0.205 e. The molecule has 0 saturated carbocycles. The summed E-state index contributed by atoms with van der Waals surface area (Å²) < 4.78 is 23.3. The van der Waals surface area contributed by atoms with Crippen molar-refractivity contribution in [3.05, 3.63) is 10.7 Å². The highest BCUT2D eigenvalue weighted by atomic mass is 32.2. The average molecular weight is 201 g/mol. The predicted molar refractivity (Wildman–Crippen MR) is 49.8 cm³/mol. The topological polar surface area (TPSA) is 64.8 Å². The lowest BCUT2D eigenvalue weighted by molar-refractivity contribution is 0.581. The van der Waals surface area contributed by atoms with Gasteiger partial charge in [-0.05, 0) is 13.8 Å². The van der Waals surface area contributed by atoms with Gasteiger partial charge in [0.25, 0.3) is 10.0 Å². The first kappa shape index (κ1) is 9.91. The van der Waals surface area contributed by atoms with Crippen molar-refractivity contribution in [1.82, 2.24) is 14.4 Å². The molecule has 0 aliphatic carbocycles. The Bertz CT molecular complexity index is 512. The quantitative estimate of drug-likeness (QED) is 0.565. The van der Waals surface area contributed by atoms with E-state index in [4.69, 9.17) is 0 Å². The molecule has 0 N–H and O–H groups in total. The van der Waals surface area contributed by atoms with Crippen molar-refractivity contribution < 1.29 is 8.42 Å². The number of hydrogen-bond donors (Lipinski definition) is 0. The van der Waals surface area contributed by atoms with Crippen LogP contribution >= 0.6 is 0 Å². The van der Waals surface area contributed by atoms with Crippen LogP contribution in [0.25, 0.3) is 12.2 Å². The zero-order chi connectivity index (χ0) is 10.1. The Balaban J connectivity index is 3.73. The molecule has 0 unspecified atom stereocenters. The molecule has 13 heavy (non-hydrogen) atoms. The second-order valence-electron chi connectivity index (χ2n) is 2.54. The molecular weight excluding hydrogens is 190 g/mol. The minimum Gasteiger partial charge on any atom is -0.205 e. The Hall–Kier alpha value is -1.17. The zero-order valence-electron chi connectivity index (χ0n) is 7.72. The van der Waals surface area contributed by atoms with E-state index < -0.39 is 10.0 Å². The molecule has 5 nitrogen and oxygen atoms in total. The minimum absolute atomic E-state index is 0.505. The van der Waals surface area contributed by atoms with Crippen molar-refractivity contribution in [2.75, 3.05) is 6.26 Å². The van der Waals surface area contributed by atoms with Crippen molar-refractivity contribution in [1.29, 1.82) is 0 Å². The molecule has 0 aromatic carbocycles. The molecule has 0 saturated heterocycles. The summed E-state index contributed by atoms with van der Waals surface area (Å²) in [7, 11) is -3.34. The predicted octanol–water partition coefficient (Wildman–Crippen LogP) is -1.31. The fourth-order valence-electron chi connectivity index (χ4n) is 0.995. The molecule has 72 valence electrons. The summed E-state index contributed by atoms with van der Waals surface area (Å²) in [6.07, 6.45) is 4.47. The molecule has 0 aliphatic heterocycles. The molecule has 0 radical (unpaired) electrons. The van der Waals surface area contributed by atoms with Gasteiger partial charge in [-0.3, -0.25) is 0 Å². The maximum absolute atomic E-state index is 11.2. The Morgan fingerprint density at radius 3 is 2.31 bits per heavy atom. The molecule has 1 heterocycles. The van der Waals surface area contributed by atoms with Gasteiger partial charge in [-0.15, -0.1) is 9.19 Å². The summed E-state index contributed by atoms with van der Waals surface area (Å²) in [5.41, 5.74) is 0. The van der Waals surface area contributed by atoms with Gasteiger partial charge >= 0.3 is 0 Å². The van der Waals surface area contributed by atoms with Crippen molar-refractivity contribution >= 4 is 22.2 Å². The zero-order valence-corrected chi connectivity index (χ0v) is 8.54. The summed E-state index contributed by atoms with van der Waals surface area (Å²) in [5, 5.41) is 8.35.